The highest BCUT2D eigenvalue weighted by Crippen LogP contribution is 2.26. The van der Waals surface area contributed by atoms with Crippen LogP contribution in [0.1, 0.15) is 38.4 Å². The molecule has 0 radical (unpaired) electrons. The molecule has 2 aliphatic rings. The Bertz CT molecular complexity index is 483. The van der Waals surface area contributed by atoms with Gasteiger partial charge in [0.25, 0.3) is 0 Å². The van der Waals surface area contributed by atoms with Gasteiger partial charge in [-0.1, -0.05) is 23.7 Å². The van der Waals surface area contributed by atoms with Crippen molar-refractivity contribution in [3.63, 3.8) is 0 Å². The van der Waals surface area contributed by atoms with Crippen LogP contribution in [0, 0.1) is 5.92 Å². The fourth-order valence-electron chi connectivity index (χ4n) is 3.76. The number of nitrogens with zero attached hydrogens (tertiary/aromatic N) is 2. The first-order valence-electron chi connectivity index (χ1n) is 8.95. The van der Waals surface area contributed by atoms with Gasteiger partial charge in [-0.2, -0.15) is 0 Å². The van der Waals surface area contributed by atoms with E-state index >= 15 is 0 Å². The Balaban J connectivity index is 1.50. The number of likely N-dealkylation sites (tertiary alicyclic amines) is 1. The van der Waals surface area contributed by atoms with Crippen LogP contribution in [0.25, 0.3) is 0 Å². The van der Waals surface area contributed by atoms with E-state index in [1.165, 1.54) is 38.0 Å². The van der Waals surface area contributed by atoms with Gasteiger partial charge in [-0.15, -0.1) is 0 Å². The van der Waals surface area contributed by atoms with Crippen molar-refractivity contribution in [2.24, 2.45) is 5.92 Å². The Hall–Kier alpha value is -0.610. The molecule has 3 rings (SSSR count). The first-order chi connectivity index (χ1) is 11.1. The lowest BCUT2D eigenvalue weighted by molar-refractivity contribution is -0.0376. The molecule has 0 aromatic heterocycles. The minimum absolute atomic E-state index is 0.191. The molecule has 128 valence electrons. The Morgan fingerprint density at radius 1 is 1.13 bits per heavy atom. The van der Waals surface area contributed by atoms with Gasteiger partial charge < -0.3 is 9.64 Å². The number of hydrogen-bond acceptors (Lipinski definition) is 3. The summed E-state index contributed by atoms with van der Waals surface area (Å²) in [6, 6.07) is 8.80. The molecule has 0 bridgehead atoms. The van der Waals surface area contributed by atoms with Gasteiger partial charge in [0, 0.05) is 30.7 Å². The molecular formula is C19H29ClN2O. The van der Waals surface area contributed by atoms with Crippen LogP contribution in [0.2, 0.25) is 5.02 Å². The number of morpholine rings is 1. The molecule has 1 atom stereocenters. The van der Waals surface area contributed by atoms with Crippen molar-refractivity contribution in [1.29, 1.82) is 0 Å². The molecule has 23 heavy (non-hydrogen) atoms. The fraction of sp³-hybridized carbons (Fsp3) is 0.684. The Morgan fingerprint density at radius 2 is 1.83 bits per heavy atom. The molecule has 2 saturated heterocycles. The van der Waals surface area contributed by atoms with Crippen LogP contribution in [0.5, 0.6) is 0 Å². The lowest BCUT2D eigenvalue weighted by atomic mass is 9.95. The van der Waals surface area contributed by atoms with E-state index < -0.39 is 0 Å². The Labute approximate surface area is 145 Å². The summed E-state index contributed by atoms with van der Waals surface area (Å²) in [5.74, 6) is 0.842. The van der Waals surface area contributed by atoms with Crippen molar-refractivity contribution < 1.29 is 4.74 Å². The van der Waals surface area contributed by atoms with E-state index in [4.69, 9.17) is 16.3 Å². The maximum Gasteiger partial charge on any atom is 0.0952 e. The average molecular weight is 337 g/mol. The van der Waals surface area contributed by atoms with Crippen LogP contribution in [-0.2, 0) is 4.74 Å². The maximum atomic E-state index is 5.99. The normalized spacial score (nSPS) is 25.1. The van der Waals surface area contributed by atoms with Crippen LogP contribution >= 0.6 is 11.6 Å². The molecule has 0 spiro atoms. The van der Waals surface area contributed by atoms with E-state index in [1.807, 2.05) is 12.1 Å². The SMILES string of the molecule is CC(C)N1CCC(CN2CCOC(c3ccc(Cl)cc3)C2)CC1. The van der Waals surface area contributed by atoms with Crippen molar-refractivity contribution in [2.75, 3.05) is 39.3 Å². The molecule has 2 fully saturated rings. The van der Waals surface area contributed by atoms with Crippen LogP contribution < -0.4 is 0 Å². The number of halogens is 1. The van der Waals surface area contributed by atoms with Crippen molar-refractivity contribution in [1.82, 2.24) is 9.80 Å². The predicted molar refractivity (Wildman–Crippen MR) is 96.0 cm³/mol. The van der Waals surface area contributed by atoms with Gasteiger partial charge in [-0.3, -0.25) is 4.90 Å². The summed E-state index contributed by atoms with van der Waals surface area (Å²) >= 11 is 5.99. The molecular weight excluding hydrogens is 308 g/mol. The Morgan fingerprint density at radius 3 is 2.48 bits per heavy atom. The maximum absolute atomic E-state index is 5.99. The molecule has 1 unspecified atom stereocenters. The molecule has 3 nitrogen and oxygen atoms in total. The minimum atomic E-state index is 0.191. The first-order valence-corrected chi connectivity index (χ1v) is 9.33. The number of ether oxygens (including phenoxy) is 1. The van der Waals surface area contributed by atoms with Crippen LogP contribution in [-0.4, -0.2) is 55.2 Å². The summed E-state index contributed by atoms with van der Waals surface area (Å²) in [6.07, 6.45) is 2.86. The molecule has 0 amide bonds. The van der Waals surface area contributed by atoms with Gasteiger partial charge in [-0.05, 0) is 63.4 Å². The third kappa shape index (κ3) is 4.69. The van der Waals surface area contributed by atoms with Crippen molar-refractivity contribution >= 4 is 11.6 Å². The van der Waals surface area contributed by atoms with E-state index in [0.29, 0.717) is 6.04 Å². The summed E-state index contributed by atoms with van der Waals surface area (Å²) in [5, 5.41) is 0.790. The van der Waals surface area contributed by atoms with Gasteiger partial charge in [-0.25, -0.2) is 0 Å². The Kier molecular flexibility index (Phi) is 5.97. The largest absolute Gasteiger partial charge is 0.371 e. The molecule has 4 heteroatoms. The molecule has 1 aromatic carbocycles. The van der Waals surface area contributed by atoms with Gasteiger partial charge >= 0.3 is 0 Å². The van der Waals surface area contributed by atoms with Crippen LogP contribution in [0.15, 0.2) is 24.3 Å². The monoisotopic (exact) mass is 336 g/mol. The van der Waals surface area contributed by atoms with E-state index in [-0.39, 0.29) is 6.10 Å². The first kappa shape index (κ1) is 17.2. The molecule has 0 saturated carbocycles. The lowest BCUT2D eigenvalue weighted by Crippen LogP contribution is -2.45. The summed E-state index contributed by atoms with van der Waals surface area (Å²) in [4.78, 5) is 5.20. The molecule has 2 aliphatic heterocycles. The fourth-order valence-corrected chi connectivity index (χ4v) is 3.89. The van der Waals surface area contributed by atoms with Crippen LogP contribution in [0.4, 0.5) is 0 Å². The summed E-state index contributed by atoms with van der Waals surface area (Å²) < 4.78 is 5.98. The molecule has 1 aromatic rings. The van der Waals surface area contributed by atoms with E-state index in [0.717, 1.165) is 30.6 Å². The van der Waals surface area contributed by atoms with Crippen molar-refractivity contribution in [3.8, 4) is 0 Å². The van der Waals surface area contributed by atoms with E-state index in [9.17, 15) is 0 Å². The summed E-state index contributed by atoms with van der Waals surface area (Å²) in [6.45, 7) is 11.2. The average Bonchev–Trinajstić information content (AvgIpc) is 2.56. The summed E-state index contributed by atoms with van der Waals surface area (Å²) in [7, 11) is 0. The number of rotatable bonds is 4. The van der Waals surface area contributed by atoms with Gasteiger partial charge in [0.05, 0.1) is 12.7 Å². The zero-order valence-electron chi connectivity index (χ0n) is 14.4. The number of piperidine rings is 1. The molecule has 0 N–H and O–H groups in total. The highest BCUT2D eigenvalue weighted by atomic mass is 35.5. The van der Waals surface area contributed by atoms with E-state index in [1.54, 1.807) is 0 Å². The zero-order chi connectivity index (χ0) is 16.2. The highest BCUT2D eigenvalue weighted by Gasteiger charge is 2.26. The topological polar surface area (TPSA) is 15.7 Å². The second-order valence-electron chi connectivity index (χ2n) is 7.24. The molecule has 2 heterocycles. The second kappa shape index (κ2) is 7.98. The predicted octanol–water partition coefficient (Wildman–Crippen LogP) is 3.83. The second-order valence-corrected chi connectivity index (χ2v) is 7.68. The molecule has 0 aliphatic carbocycles. The highest BCUT2D eigenvalue weighted by molar-refractivity contribution is 6.30. The van der Waals surface area contributed by atoms with Gasteiger partial charge in [0.2, 0.25) is 0 Å². The quantitative estimate of drug-likeness (QED) is 0.831. The lowest BCUT2D eigenvalue weighted by Gasteiger charge is -2.39. The van der Waals surface area contributed by atoms with Crippen molar-refractivity contribution in [3.05, 3.63) is 34.9 Å². The van der Waals surface area contributed by atoms with E-state index in [2.05, 4.69) is 35.8 Å². The summed E-state index contributed by atoms with van der Waals surface area (Å²) in [5.41, 5.74) is 1.24. The third-order valence-electron chi connectivity index (χ3n) is 5.29. The zero-order valence-corrected chi connectivity index (χ0v) is 15.1. The van der Waals surface area contributed by atoms with Gasteiger partial charge in [0.1, 0.15) is 0 Å². The minimum Gasteiger partial charge on any atom is -0.371 e. The number of benzene rings is 1. The third-order valence-corrected chi connectivity index (χ3v) is 5.54. The van der Waals surface area contributed by atoms with Crippen molar-refractivity contribution in [2.45, 2.75) is 38.8 Å². The number of hydrogen-bond donors (Lipinski definition) is 0. The smallest absolute Gasteiger partial charge is 0.0952 e. The van der Waals surface area contributed by atoms with Gasteiger partial charge in [0.15, 0.2) is 0 Å². The van der Waals surface area contributed by atoms with Crippen LogP contribution in [0.3, 0.4) is 0 Å². The standard InChI is InChI=1S/C19H29ClN2O/c1-15(2)22-9-7-16(8-10-22)13-21-11-12-23-19(14-21)17-3-5-18(20)6-4-17/h3-6,15-16,19H,7-14H2,1-2H3.